The molecular weight excluding hydrogens is 380 g/mol. The summed E-state index contributed by atoms with van der Waals surface area (Å²) in [4.78, 5) is 12.8. The molecule has 0 radical (unpaired) electrons. The van der Waals surface area contributed by atoms with Gasteiger partial charge in [0, 0.05) is 28.0 Å². The van der Waals surface area contributed by atoms with Gasteiger partial charge in [0.25, 0.3) is 0 Å². The fraction of sp³-hybridized carbons (Fsp3) is 0.480. The number of fused-ring (bicyclic) bond motifs is 1. The number of hydrogen-bond donors (Lipinski definition) is 0. The molecule has 0 bridgehead atoms. The zero-order chi connectivity index (χ0) is 20.9. The van der Waals surface area contributed by atoms with Crippen LogP contribution >= 0.6 is 11.3 Å². The number of carbonyl (C=O) groups is 1. The zero-order valence-electron chi connectivity index (χ0n) is 17.9. The second kappa shape index (κ2) is 9.50. The Bertz CT molecular complexity index is 927. The summed E-state index contributed by atoms with van der Waals surface area (Å²) in [5, 5.41) is 2.10. The Morgan fingerprint density at radius 1 is 1.24 bits per heavy atom. The number of rotatable bonds is 6. The van der Waals surface area contributed by atoms with E-state index in [1.807, 2.05) is 6.92 Å². The maximum absolute atomic E-state index is 11.5. The number of aryl methyl sites for hydroxylation is 2. The highest BCUT2D eigenvalue weighted by Crippen LogP contribution is 2.39. The highest BCUT2D eigenvalue weighted by molar-refractivity contribution is 7.10. The molecule has 0 aliphatic carbocycles. The summed E-state index contributed by atoms with van der Waals surface area (Å²) in [7, 11) is 0. The Kier molecular flexibility index (Phi) is 7.03. The Morgan fingerprint density at radius 2 is 2.03 bits per heavy atom. The van der Waals surface area contributed by atoms with Crippen molar-refractivity contribution in [1.29, 1.82) is 0 Å². The molecule has 1 aromatic carbocycles. The van der Waals surface area contributed by atoms with E-state index in [2.05, 4.69) is 56.2 Å². The molecule has 0 amide bonds. The molecule has 0 fully saturated rings. The molecule has 1 aliphatic heterocycles. The molecule has 2 aromatic rings. The van der Waals surface area contributed by atoms with Crippen molar-refractivity contribution in [3.63, 3.8) is 0 Å². The van der Waals surface area contributed by atoms with E-state index in [4.69, 9.17) is 9.47 Å². The zero-order valence-corrected chi connectivity index (χ0v) is 18.7. The first-order chi connectivity index (χ1) is 13.9. The molecule has 0 atom stereocenters. The third kappa shape index (κ3) is 5.42. The van der Waals surface area contributed by atoms with Crippen molar-refractivity contribution in [1.82, 2.24) is 0 Å². The predicted octanol–water partition coefficient (Wildman–Crippen LogP) is 5.79. The van der Waals surface area contributed by atoms with Crippen molar-refractivity contribution in [2.45, 2.75) is 65.2 Å². The van der Waals surface area contributed by atoms with Crippen LogP contribution in [0.3, 0.4) is 0 Å². The van der Waals surface area contributed by atoms with Gasteiger partial charge in [0.2, 0.25) is 0 Å². The second-order valence-corrected chi connectivity index (χ2v) is 9.17. The maximum Gasteiger partial charge on any atom is 0.305 e. The first-order valence-electron chi connectivity index (χ1n) is 10.4. The minimum atomic E-state index is -0.103. The normalized spacial score (nSPS) is 14.3. The van der Waals surface area contributed by atoms with Crippen molar-refractivity contribution in [2.24, 2.45) is 0 Å². The number of unbranched alkanes of at least 4 members (excludes halogenated alkanes) is 1. The second-order valence-electron chi connectivity index (χ2n) is 8.17. The topological polar surface area (TPSA) is 35.5 Å². The molecule has 0 saturated heterocycles. The summed E-state index contributed by atoms with van der Waals surface area (Å²) in [5.41, 5.74) is 4.69. The van der Waals surface area contributed by atoms with Crippen molar-refractivity contribution in [3.8, 4) is 17.6 Å². The highest BCUT2D eigenvalue weighted by atomic mass is 32.1. The van der Waals surface area contributed by atoms with E-state index < -0.39 is 0 Å². The van der Waals surface area contributed by atoms with E-state index in [-0.39, 0.29) is 11.4 Å². The predicted molar refractivity (Wildman–Crippen MR) is 119 cm³/mol. The summed E-state index contributed by atoms with van der Waals surface area (Å²) in [6.07, 6.45) is 4.29. The van der Waals surface area contributed by atoms with Crippen LogP contribution in [0.2, 0.25) is 0 Å². The molecule has 29 heavy (non-hydrogen) atoms. The van der Waals surface area contributed by atoms with E-state index in [1.54, 1.807) is 11.3 Å². The summed E-state index contributed by atoms with van der Waals surface area (Å²) >= 11 is 1.74. The van der Waals surface area contributed by atoms with E-state index in [1.165, 1.54) is 10.4 Å². The Morgan fingerprint density at radius 3 is 2.83 bits per heavy atom. The van der Waals surface area contributed by atoms with Gasteiger partial charge in [-0.25, -0.2) is 0 Å². The molecule has 1 aromatic heterocycles. The van der Waals surface area contributed by atoms with Gasteiger partial charge in [0.15, 0.2) is 0 Å². The van der Waals surface area contributed by atoms with Crippen LogP contribution in [0.4, 0.5) is 0 Å². The average Bonchev–Trinajstić information content (AvgIpc) is 3.11. The molecule has 0 spiro atoms. The molecule has 4 heteroatoms. The molecule has 0 unspecified atom stereocenters. The maximum atomic E-state index is 11.5. The summed E-state index contributed by atoms with van der Waals surface area (Å²) in [6.45, 7) is 9.71. The lowest BCUT2D eigenvalue weighted by atomic mass is 9.78. The van der Waals surface area contributed by atoms with Gasteiger partial charge in [0.05, 0.1) is 13.2 Å². The van der Waals surface area contributed by atoms with Crippen LogP contribution in [-0.4, -0.2) is 19.2 Å². The molecule has 0 N–H and O–H groups in total. The molecule has 3 nitrogen and oxygen atoms in total. The molecule has 154 valence electrons. The van der Waals surface area contributed by atoms with Gasteiger partial charge in [-0.2, -0.15) is 0 Å². The van der Waals surface area contributed by atoms with Gasteiger partial charge in [-0.3, -0.25) is 4.79 Å². The SMILES string of the molecule is CCOC(=O)CCCCc1sccc1C#Cc1cc2c(cc1C)OCCC2(C)C. The Labute approximate surface area is 178 Å². The largest absolute Gasteiger partial charge is 0.493 e. The Balaban J connectivity index is 1.70. The summed E-state index contributed by atoms with van der Waals surface area (Å²) in [5.74, 6) is 7.68. The number of ether oxygens (including phenoxy) is 2. The third-order valence-electron chi connectivity index (χ3n) is 5.46. The van der Waals surface area contributed by atoms with Crippen molar-refractivity contribution < 1.29 is 14.3 Å². The van der Waals surface area contributed by atoms with Gasteiger partial charge < -0.3 is 9.47 Å². The fourth-order valence-electron chi connectivity index (χ4n) is 3.58. The van der Waals surface area contributed by atoms with Crippen LogP contribution in [0, 0.1) is 18.8 Å². The molecule has 1 aliphatic rings. The van der Waals surface area contributed by atoms with Gasteiger partial charge >= 0.3 is 5.97 Å². The van der Waals surface area contributed by atoms with E-state index in [0.29, 0.717) is 13.0 Å². The van der Waals surface area contributed by atoms with E-state index in [0.717, 1.165) is 54.7 Å². The van der Waals surface area contributed by atoms with Gasteiger partial charge in [0.1, 0.15) is 5.75 Å². The summed E-state index contributed by atoms with van der Waals surface area (Å²) in [6, 6.07) is 6.44. The smallest absolute Gasteiger partial charge is 0.305 e. The van der Waals surface area contributed by atoms with Crippen LogP contribution in [0.1, 0.15) is 73.6 Å². The number of esters is 1. The molecular formula is C25H30O3S. The number of benzene rings is 1. The van der Waals surface area contributed by atoms with E-state index >= 15 is 0 Å². The quantitative estimate of drug-likeness (QED) is 0.343. The van der Waals surface area contributed by atoms with Crippen molar-refractivity contribution >= 4 is 17.3 Å². The third-order valence-corrected chi connectivity index (χ3v) is 6.44. The van der Waals surface area contributed by atoms with Crippen LogP contribution in [0.5, 0.6) is 5.75 Å². The number of thiophene rings is 1. The molecule has 2 heterocycles. The van der Waals surface area contributed by atoms with Gasteiger partial charge in [-0.15, -0.1) is 11.3 Å². The lowest BCUT2D eigenvalue weighted by Gasteiger charge is -2.33. The van der Waals surface area contributed by atoms with Gasteiger partial charge in [-0.05, 0) is 74.1 Å². The van der Waals surface area contributed by atoms with Crippen LogP contribution in [0.25, 0.3) is 0 Å². The van der Waals surface area contributed by atoms with Crippen LogP contribution in [0.15, 0.2) is 23.6 Å². The highest BCUT2D eigenvalue weighted by Gasteiger charge is 2.29. The van der Waals surface area contributed by atoms with Gasteiger partial charge in [-0.1, -0.05) is 25.7 Å². The lowest BCUT2D eigenvalue weighted by Crippen LogP contribution is -2.26. The standard InChI is InChI=1S/C25H30O3S/c1-5-27-24(26)9-7-6-8-23-19(12-15-29-23)10-11-20-17-21-22(16-18(20)2)28-14-13-25(21,3)4/h12,15-17H,5-9,13-14H2,1-4H3. The fourth-order valence-corrected chi connectivity index (χ4v) is 4.46. The average molecular weight is 411 g/mol. The first-order valence-corrected chi connectivity index (χ1v) is 11.3. The summed E-state index contributed by atoms with van der Waals surface area (Å²) < 4.78 is 10.9. The Hall–Kier alpha value is -2.25. The van der Waals surface area contributed by atoms with Crippen molar-refractivity contribution in [2.75, 3.05) is 13.2 Å². The van der Waals surface area contributed by atoms with Crippen LogP contribution < -0.4 is 4.74 Å². The monoisotopic (exact) mass is 410 g/mol. The van der Waals surface area contributed by atoms with Crippen molar-refractivity contribution in [3.05, 3.63) is 50.7 Å². The first kappa shape index (κ1) is 21.5. The minimum absolute atomic E-state index is 0.103. The molecule has 3 rings (SSSR count). The molecule has 0 saturated carbocycles. The lowest BCUT2D eigenvalue weighted by molar-refractivity contribution is -0.143. The minimum Gasteiger partial charge on any atom is -0.493 e. The van der Waals surface area contributed by atoms with E-state index in [9.17, 15) is 4.79 Å². The number of hydrogen-bond acceptors (Lipinski definition) is 4. The number of carbonyl (C=O) groups excluding carboxylic acids is 1. The van der Waals surface area contributed by atoms with Crippen LogP contribution in [-0.2, 0) is 21.4 Å².